The van der Waals surface area contributed by atoms with Crippen molar-refractivity contribution in [3.63, 3.8) is 0 Å². The number of hydrogen-bond acceptors (Lipinski definition) is 4. The van der Waals surface area contributed by atoms with E-state index >= 15 is 0 Å². The third-order valence-corrected chi connectivity index (χ3v) is 8.94. The van der Waals surface area contributed by atoms with Gasteiger partial charge in [0.05, 0.1) is 12.6 Å². The number of carbonyl (C=O) groups is 2. The molecule has 1 saturated carbocycles. The van der Waals surface area contributed by atoms with E-state index in [0.717, 1.165) is 55.4 Å². The monoisotopic (exact) mass is 516 g/mol. The van der Waals surface area contributed by atoms with E-state index in [-0.39, 0.29) is 30.3 Å². The summed E-state index contributed by atoms with van der Waals surface area (Å²) in [6.07, 6.45) is 5.95. The Kier molecular flexibility index (Phi) is 8.77. The average Bonchev–Trinajstić information content (AvgIpc) is 3.56. The first-order chi connectivity index (χ1) is 16.9. The van der Waals surface area contributed by atoms with E-state index in [1.54, 1.807) is 11.3 Å². The van der Waals surface area contributed by atoms with Gasteiger partial charge in [0.1, 0.15) is 12.4 Å². The lowest BCUT2D eigenvalue weighted by Gasteiger charge is -2.37. The molecule has 4 rings (SSSR count). The number of hydrogen-bond donors (Lipinski definition) is 0. The summed E-state index contributed by atoms with van der Waals surface area (Å²) in [5, 5.41) is 2.80. The number of carbonyl (C=O) groups excluding carboxylic acids is 2. The summed E-state index contributed by atoms with van der Waals surface area (Å²) in [7, 11) is 0. The molecule has 190 valence electrons. The number of fused-ring (bicyclic) bond motifs is 1. The first kappa shape index (κ1) is 26.0. The molecule has 1 aliphatic heterocycles. The van der Waals surface area contributed by atoms with Crippen LogP contribution in [0.3, 0.4) is 0 Å². The third kappa shape index (κ3) is 6.21. The minimum Gasteiger partial charge on any atom is -0.491 e. The van der Waals surface area contributed by atoms with Crippen LogP contribution in [0, 0.1) is 18.8 Å². The smallest absolute Gasteiger partial charge is 0.242 e. The van der Waals surface area contributed by atoms with E-state index in [1.165, 1.54) is 4.88 Å². The van der Waals surface area contributed by atoms with Crippen molar-refractivity contribution in [1.82, 2.24) is 9.80 Å². The Labute approximate surface area is 218 Å². The molecule has 0 N–H and O–H groups in total. The number of nitrogens with zero attached hydrogens (tertiary/aromatic N) is 2. The van der Waals surface area contributed by atoms with Crippen LogP contribution in [0.1, 0.15) is 68.0 Å². The van der Waals surface area contributed by atoms with Crippen LogP contribution in [0.15, 0.2) is 29.6 Å². The van der Waals surface area contributed by atoms with Crippen molar-refractivity contribution >= 4 is 34.8 Å². The Morgan fingerprint density at radius 2 is 2.03 bits per heavy atom. The highest BCUT2D eigenvalue weighted by atomic mass is 35.5. The van der Waals surface area contributed by atoms with Crippen LogP contribution < -0.4 is 4.74 Å². The molecule has 2 aliphatic rings. The highest BCUT2D eigenvalue weighted by Crippen LogP contribution is 2.35. The first-order valence-corrected chi connectivity index (χ1v) is 14.2. The standard InChI is InChI=1S/C28H37ClN2O3S/c1-4-19(2)16-30(28(33)21-7-5-6-8-21)17-27(32)31-13-11-26-23(12-14-35-26)25(31)18-34-22-9-10-24(29)20(3)15-22/h9-10,12,14-15,19,21,25H,4-8,11,13,16-18H2,1-3H3. The topological polar surface area (TPSA) is 49.9 Å². The van der Waals surface area contributed by atoms with Gasteiger partial charge < -0.3 is 14.5 Å². The van der Waals surface area contributed by atoms with Gasteiger partial charge >= 0.3 is 0 Å². The van der Waals surface area contributed by atoms with Crippen molar-refractivity contribution in [2.75, 3.05) is 26.2 Å². The van der Waals surface area contributed by atoms with E-state index < -0.39 is 0 Å². The van der Waals surface area contributed by atoms with Gasteiger partial charge in [0, 0.05) is 28.9 Å². The number of rotatable bonds is 9. The van der Waals surface area contributed by atoms with Gasteiger partial charge in [-0.15, -0.1) is 11.3 Å². The lowest BCUT2D eigenvalue weighted by atomic mass is 10.00. The molecule has 0 bridgehead atoms. The number of ether oxygens (including phenoxy) is 1. The zero-order valence-corrected chi connectivity index (χ0v) is 22.7. The molecule has 35 heavy (non-hydrogen) atoms. The lowest BCUT2D eigenvalue weighted by molar-refractivity contribution is -0.145. The second kappa shape index (κ2) is 11.8. The zero-order chi connectivity index (χ0) is 24.9. The van der Waals surface area contributed by atoms with E-state index in [9.17, 15) is 9.59 Å². The molecule has 5 nitrogen and oxygen atoms in total. The van der Waals surface area contributed by atoms with Crippen LogP contribution in [0.2, 0.25) is 5.02 Å². The molecule has 0 saturated heterocycles. The maximum Gasteiger partial charge on any atom is 0.242 e. The minimum absolute atomic E-state index is 0.0115. The second-order valence-corrected chi connectivity index (χ2v) is 11.5. The van der Waals surface area contributed by atoms with Gasteiger partial charge in [-0.05, 0) is 72.9 Å². The number of thiophene rings is 1. The Hall–Kier alpha value is -2.05. The van der Waals surface area contributed by atoms with Crippen LogP contribution in [0.4, 0.5) is 0 Å². The highest BCUT2D eigenvalue weighted by molar-refractivity contribution is 7.10. The molecule has 2 atom stereocenters. The van der Waals surface area contributed by atoms with Crippen molar-refractivity contribution in [3.8, 4) is 5.75 Å². The van der Waals surface area contributed by atoms with Gasteiger partial charge in [-0.3, -0.25) is 9.59 Å². The van der Waals surface area contributed by atoms with Crippen molar-refractivity contribution in [2.45, 2.75) is 65.3 Å². The van der Waals surface area contributed by atoms with E-state index in [1.807, 2.05) is 34.9 Å². The molecule has 1 aromatic heterocycles. The zero-order valence-electron chi connectivity index (χ0n) is 21.1. The Morgan fingerprint density at radius 3 is 2.74 bits per heavy atom. The lowest BCUT2D eigenvalue weighted by Crippen LogP contribution is -2.49. The SMILES string of the molecule is CCC(C)CN(CC(=O)N1CCc2sccc2C1COc1ccc(Cl)c(C)c1)C(=O)C1CCCC1. The maximum atomic E-state index is 13.7. The Morgan fingerprint density at radius 1 is 1.26 bits per heavy atom. The summed E-state index contributed by atoms with van der Waals surface area (Å²) >= 11 is 7.92. The fraction of sp³-hybridized carbons (Fsp3) is 0.571. The third-order valence-electron chi connectivity index (χ3n) is 7.52. The number of aryl methyl sites for hydroxylation is 1. The summed E-state index contributed by atoms with van der Waals surface area (Å²) in [6.45, 7) is 8.06. The molecule has 1 fully saturated rings. The molecule has 0 spiro atoms. The van der Waals surface area contributed by atoms with Gasteiger partial charge in [0.15, 0.2) is 0 Å². The van der Waals surface area contributed by atoms with Crippen molar-refractivity contribution in [1.29, 1.82) is 0 Å². The molecule has 2 unspecified atom stereocenters. The van der Waals surface area contributed by atoms with Crippen molar-refractivity contribution in [2.24, 2.45) is 11.8 Å². The molecular formula is C28H37ClN2O3S. The predicted octanol–water partition coefficient (Wildman–Crippen LogP) is 6.28. The fourth-order valence-corrected chi connectivity index (χ4v) is 6.23. The molecule has 2 amide bonds. The quantitative estimate of drug-likeness (QED) is 0.394. The number of amides is 2. The van der Waals surface area contributed by atoms with Crippen LogP contribution in [-0.2, 0) is 16.0 Å². The number of benzene rings is 1. The van der Waals surface area contributed by atoms with Gasteiger partial charge in [-0.1, -0.05) is 44.7 Å². The van der Waals surface area contributed by atoms with Gasteiger partial charge in [-0.2, -0.15) is 0 Å². The minimum atomic E-state index is -0.166. The van der Waals surface area contributed by atoms with Crippen molar-refractivity contribution in [3.05, 3.63) is 50.7 Å². The predicted molar refractivity (Wildman–Crippen MR) is 142 cm³/mol. The average molecular weight is 517 g/mol. The summed E-state index contributed by atoms with van der Waals surface area (Å²) in [4.78, 5) is 32.1. The van der Waals surface area contributed by atoms with Gasteiger partial charge in [0.2, 0.25) is 11.8 Å². The second-order valence-electron chi connectivity index (χ2n) is 10.1. The van der Waals surface area contributed by atoms with Crippen molar-refractivity contribution < 1.29 is 14.3 Å². The molecule has 2 aromatic rings. The summed E-state index contributed by atoms with van der Waals surface area (Å²) in [5.41, 5.74) is 2.12. The molecule has 7 heteroatoms. The van der Waals surface area contributed by atoms with Crippen LogP contribution in [0.5, 0.6) is 5.75 Å². The number of halogens is 1. The summed E-state index contributed by atoms with van der Waals surface area (Å²) in [5.74, 6) is 1.36. The van der Waals surface area contributed by atoms with Gasteiger partial charge in [0.25, 0.3) is 0 Å². The normalized spacial score (nSPS) is 18.9. The summed E-state index contributed by atoms with van der Waals surface area (Å²) < 4.78 is 6.18. The Bertz CT molecular complexity index is 1030. The molecule has 1 aromatic carbocycles. The summed E-state index contributed by atoms with van der Waals surface area (Å²) in [6, 6.07) is 7.59. The van der Waals surface area contributed by atoms with E-state index in [0.29, 0.717) is 30.6 Å². The largest absolute Gasteiger partial charge is 0.491 e. The van der Waals surface area contributed by atoms with Crippen LogP contribution in [-0.4, -0.2) is 47.9 Å². The fourth-order valence-electron chi connectivity index (χ4n) is 5.18. The molecular weight excluding hydrogens is 480 g/mol. The highest BCUT2D eigenvalue weighted by Gasteiger charge is 2.35. The van der Waals surface area contributed by atoms with Crippen LogP contribution in [0.25, 0.3) is 0 Å². The Balaban J connectivity index is 1.51. The van der Waals surface area contributed by atoms with Crippen LogP contribution >= 0.6 is 22.9 Å². The van der Waals surface area contributed by atoms with E-state index in [2.05, 4.69) is 25.3 Å². The van der Waals surface area contributed by atoms with E-state index in [4.69, 9.17) is 16.3 Å². The molecule has 2 heterocycles. The van der Waals surface area contributed by atoms with Gasteiger partial charge in [-0.25, -0.2) is 0 Å². The molecule has 1 aliphatic carbocycles. The maximum absolute atomic E-state index is 13.7. The molecule has 0 radical (unpaired) electrons. The first-order valence-electron chi connectivity index (χ1n) is 12.9.